The second-order valence-electron chi connectivity index (χ2n) is 8.26. The highest BCUT2D eigenvalue weighted by molar-refractivity contribution is 5.96. The molecule has 6 heteroatoms. The molecule has 31 heavy (non-hydrogen) atoms. The van der Waals surface area contributed by atoms with Gasteiger partial charge in [-0.3, -0.25) is 9.59 Å². The summed E-state index contributed by atoms with van der Waals surface area (Å²) < 4.78 is 11.6. The summed E-state index contributed by atoms with van der Waals surface area (Å²) in [7, 11) is 0. The van der Waals surface area contributed by atoms with Crippen LogP contribution in [0.2, 0.25) is 0 Å². The van der Waals surface area contributed by atoms with E-state index >= 15 is 0 Å². The second kappa shape index (κ2) is 8.84. The number of anilines is 1. The van der Waals surface area contributed by atoms with E-state index in [0.29, 0.717) is 5.75 Å². The maximum atomic E-state index is 12.3. The third kappa shape index (κ3) is 4.74. The lowest BCUT2D eigenvalue weighted by Crippen LogP contribution is -2.36. The van der Waals surface area contributed by atoms with E-state index in [4.69, 9.17) is 9.15 Å². The van der Waals surface area contributed by atoms with E-state index < -0.39 is 0 Å². The average Bonchev–Trinajstić information content (AvgIpc) is 3.11. The third-order valence-electron chi connectivity index (χ3n) is 5.68. The summed E-state index contributed by atoms with van der Waals surface area (Å²) >= 11 is 0. The molecule has 0 bridgehead atoms. The topological polar surface area (TPSA) is 80.6 Å². The highest BCUT2D eigenvalue weighted by Crippen LogP contribution is 2.33. The quantitative estimate of drug-likeness (QED) is 0.621. The van der Waals surface area contributed by atoms with Crippen molar-refractivity contribution >= 4 is 28.5 Å². The molecule has 6 nitrogen and oxygen atoms in total. The lowest BCUT2D eigenvalue weighted by Gasteiger charge is -2.13. The molecule has 0 unspecified atom stereocenters. The highest BCUT2D eigenvalue weighted by Gasteiger charge is 2.18. The van der Waals surface area contributed by atoms with E-state index in [-0.39, 0.29) is 25.0 Å². The molecular weight excluding hydrogens is 392 g/mol. The van der Waals surface area contributed by atoms with Gasteiger partial charge in [0.2, 0.25) is 5.91 Å². The predicted octanol–water partition coefficient (Wildman–Crippen LogP) is 4.37. The fourth-order valence-corrected chi connectivity index (χ4v) is 4.27. The maximum absolute atomic E-state index is 12.3. The van der Waals surface area contributed by atoms with Gasteiger partial charge in [-0.1, -0.05) is 17.7 Å². The van der Waals surface area contributed by atoms with Crippen LogP contribution >= 0.6 is 0 Å². The van der Waals surface area contributed by atoms with Crippen LogP contribution in [0.1, 0.15) is 40.9 Å². The average molecular weight is 421 g/mol. The number of furan rings is 1. The number of nitrogens with one attached hydrogen (secondary N) is 2. The molecule has 0 fully saturated rings. The van der Waals surface area contributed by atoms with Crippen LogP contribution in [0.25, 0.3) is 11.0 Å². The van der Waals surface area contributed by atoms with Crippen molar-refractivity contribution in [3.05, 3.63) is 58.3 Å². The summed E-state index contributed by atoms with van der Waals surface area (Å²) in [6.45, 7) is 5.67. The first-order valence-corrected chi connectivity index (χ1v) is 10.7. The normalized spacial score (nSPS) is 13.0. The van der Waals surface area contributed by atoms with E-state index in [2.05, 4.69) is 10.6 Å². The minimum absolute atomic E-state index is 0.108. The number of ether oxygens (including phenoxy) is 1. The molecule has 4 rings (SSSR count). The smallest absolute Gasteiger partial charge is 0.258 e. The Morgan fingerprint density at radius 2 is 1.74 bits per heavy atom. The van der Waals surface area contributed by atoms with Crippen molar-refractivity contribution in [1.82, 2.24) is 5.32 Å². The molecule has 1 heterocycles. The molecule has 2 N–H and O–H groups in total. The fourth-order valence-electron chi connectivity index (χ4n) is 4.27. The number of hydrogen-bond acceptors (Lipinski definition) is 4. The lowest BCUT2D eigenvalue weighted by atomic mass is 9.96. The van der Waals surface area contributed by atoms with Gasteiger partial charge >= 0.3 is 0 Å². The van der Waals surface area contributed by atoms with Gasteiger partial charge in [-0.15, -0.1) is 0 Å². The number of fused-ring (bicyclic) bond motifs is 3. The Hall–Kier alpha value is -3.28. The van der Waals surface area contributed by atoms with Crippen LogP contribution in [0.5, 0.6) is 5.75 Å². The first kappa shape index (κ1) is 21.0. The monoisotopic (exact) mass is 420 g/mol. The number of amides is 2. The number of benzene rings is 2. The largest absolute Gasteiger partial charge is 0.484 e. The minimum Gasteiger partial charge on any atom is -0.484 e. The Balaban J connectivity index is 1.30. The Morgan fingerprint density at radius 3 is 2.52 bits per heavy atom. The second-order valence-corrected chi connectivity index (χ2v) is 8.26. The Kier molecular flexibility index (Phi) is 5.98. The zero-order valence-corrected chi connectivity index (χ0v) is 18.3. The van der Waals surface area contributed by atoms with E-state index in [9.17, 15) is 9.59 Å². The SMILES string of the molecule is Cc1cc(C)c(NC(=O)CNC(=O)COc2ccc3oc4c(c3c2)CCCC4)c(C)c1. The summed E-state index contributed by atoms with van der Waals surface area (Å²) in [5.74, 6) is 1.07. The van der Waals surface area contributed by atoms with Crippen LogP contribution in [0.15, 0.2) is 34.7 Å². The van der Waals surface area contributed by atoms with Crippen LogP contribution in [-0.4, -0.2) is 25.0 Å². The van der Waals surface area contributed by atoms with Gasteiger partial charge in [-0.2, -0.15) is 0 Å². The van der Waals surface area contributed by atoms with Gasteiger partial charge in [0.15, 0.2) is 6.61 Å². The van der Waals surface area contributed by atoms with Crippen molar-refractivity contribution in [3.8, 4) is 5.75 Å². The summed E-state index contributed by atoms with van der Waals surface area (Å²) in [5, 5.41) is 6.55. The Bertz CT molecular complexity index is 1120. The standard InChI is InChI=1S/C25H28N2O4/c1-15-10-16(2)25(17(3)11-15)27-23(28)13-26-24(29)14-30-18-8-9-22-20(12-18)19-6-4-5-7-21(19)31-22/h8-12H,4-7,13-14H2,1-3H3,(H,26,29)(H,27,28). The van der Waals surface area contributed by atoms with Crippen LogP contribution in [0, 0.1) is 20.8 Å². The highest BCUT2D eigenvalue weighted by atomic mass is 16.5. The first-order valence-electron chi connectivity index (χ1n) is 10.7. The van der Waals surface area contributed by atoms with Gasteiger partial charge in [0.1, 0.15) is 17.1 Å². The lowest BCUT2D eigenvalue weighted by molar-refractivity contribution is -0.125. The number of carbonyl (C=O) groups is 2. The van der Waals surface area contributed by atoms with Crippen LogP contribution in [0.4, 0.5) is 5.69 Å². The van der Waals surface area contributed by atoms with E-state index in [0.717, 1.165) is 58.4 Å². The van der Waals surface area contributed by atoms with Gasteiger partial charge in [0.25, 0.3) is 5.91 Å². The van der Waals surface area contributed by atoms with Gasteiger partial charge in [-0.25, -0.2) is 0 Å². The van der Waals surface area contributed by atoms with Crippen molar-refractivity contribution in [2.75, 3.05) is 18.5 Å². The van der Waals surface area contributed by atoms with E-state index in [1.807, 2.05) is 45.0 Å². The predicted molar refractivity (Wildman–Crippen MR) is 121 cm³/mol. The fraction of sp³-hybridized carbons (Fsp3) is 0.360. The molecule has 3 aromatic rings. The van der Waals surface area contributed by atoms with Crippen molar-refractivity contribution in [2.24, 2.45) is 0 Å². The summed E-state index contributed by atoms with van der Waals surface area (Å²) in [6, 6.07) is 9.67. The Labute approximate surface area is 182 Å². The Morgan fingerprint density at radius 1 is 1.00 bits per heavy atom. The van der Waals surface area contributed by atoms with Crippen molar-refractivity contribution in [3.63, 3.8) is 0 Å². The molecule has 0 atom stereocenters. The molecule has 0 aliphatic heterocycles. The summed E-state index contributed by atoms with van der Waals surface area (Å²) in [6.07, 6.45) is 4.32. The number of carbonyl (C=O) groups excluding carboxylic acids is 2. The third-order valence-corrected chi connectivity index (χ3v) is 5.68. The number of rotatable bonds is 6. The molecule has 0 radical (unpaired) electrons. The molecule has 162 valence electrons. The molecule has 2 amide bonds. The van der Waals surface area contributed by atoms with Crippen LogP contribution < -0.4 is 15.4 Å². The molecule has 0 saturated carbocycles. The van der Waals surface area contributed by atoms with Gasteiger partial charge < -0.3 is 19.8 Å². The van der Waals surface area contributed by atoms with Gasteiger partial charge in [0, 0.05) is 23.1 Å². The summed E-state index contributed by atoms with van der Waals surface area (Å²) in [4.78, 5) is 24.4. The molecule has 0 spiro atoms. The zero-order chi connectivity index (χ0) is 22.0. The van der Waals surface area contributed by atoms with Crippen molar-refractivity contribution < 1.29 is 18.7 Å². The zero-order valence-electron chi connectivity index (χ0n) is 18.3. The molecule has 0 saturated heterocycles. The summed E-state index contributed by atoms with van der Waals surface area (Å²) in [5.41, 5.74) is 6.05. The number of aryl methyl sites for hydroxylation is 5. The van der Waals surface area contributed by atoms with Gasteiger partial charge in [0.05, 0.1) is 6.54 Å². The molecule has 1 aromatic heterocycles. The maximum Gasteiger partial charge on any atom is 0.258 e. The molecule has 2 aromatic carbocycles. The van der Waals surface area contributed by atoms with Crippen molar-refractivity contribution in [2.45, 2.75) is 46.5 Å². The molecule has 1 aliphatic rings. The van der Waals surface area contributed by atoms with Crippen molar-refractivity contribution in [1.29, 1.82) is 0 Å². The first-order chi connectivity index (χ1) is 14.9. The number of hydrogen-bond donors (Lipinski definition) is 2. The van der Waals surface area contributed by atoms with Gasteiger partial charge in [-0.05, 0) is 69.4 Å². The van der Waals surface area contributed by atoms with E-state index in [1.165, 1.54) is 12.0 Å². The van der Waals surface area contributed by atoms with Crippen LogP contribution in [-0.2, 0) is 22.4 Å². The van der Waals surface area contributed by atoms with E-state index in [1.54, 1.807) is 6.07 Å². The van der Waals surface area contributed by atoms with Crippen LogP contribution in [0.3, 0.4) is 0 Å². The molecule has 1 aliphatic carbocycles. The molecular formula is C25H28N2O4. The minimum atomic E-state index is -0.346.